The lowest BCUT2D eigenvalue weighted by atomic mass is 10.2. The number of hydrogen-bond acceptors (Lipinski definition) is 4. The third-order valence-electron chi connectivity index (χ3n) is 1.63. The summed E-state index contributed by atoms with van der Waals surface area (Å²) in [6, 6.07) is 5.08. The van der Waals surface area contributed by atoms with Gasteiger partial charge in [0.2, 0.25) is 0 Å². The molecule has 0 atom stereocenters. The zero-order chi connectivity index (χ0) is 12.0. The molecule has 0 aliphatic heterocycles. The number of amidine groups is 1. The zero-order valence-electron chi connectivity index (χ0n) is 8.72. The molecule has 0 amide bonds. The summed E-state index contributed by atoms with van der Waals surface area (Å²) in [7, 11) is 0. The molecule has 86 valence electrons. The first-order valence-corrected chi connectivity index (χ1v) is 6.39. The van der Waals surface area contributed by atoms with Crippen LogP contribution in [0.5, 0.6) is 5.75 Å². The Labute approximate surface area is 107 Å². The van der Waals surface area contributed by atoms with Crippen LogP contribution >= 0.6 is 27.7 Å². The summed E-state index contributed by atoms with van der Waals surface area (Å²) < 4.78 is 0.867. The number of phenols is 1. The van der Waals surface area contributed by atoms with E-state index in [1.54, 1.807) is 18.2 Å². The van der Waals surface area contributed by atoms with Gasteiger partial charge in [-0.2, -0.15) is 5.10 Å². The zero-order valence-corrected chi connectivity index (χ0v) is 11.1. The maximum atomic E-state index is 9.51. The number of nitrogens with two attached hydrogens (primary N) is 1. The van der Waals surface area contributed by atoms with Crippen LogP contribution < -0.4 is 5.73 Å². The Morgan fingerprint density at radius 2 is 2.38 bits per heavy atom. The van der Waals surface area contributed by atoms with Crippen LogP contribution in [0, 0.1) is 0 Å². The van der Waals surface area contributed by atoms with Crippen molar-refractivity contribution >= 4 is 39.1 Å². The number of rotatable bonds is 3. The van der Waals surface area contributed by atoms with Crippen molar-refractivity contribution < 1.29 is 5.11 Å². The maximum absolute atomic E-state index is 9.51. The molecule has 0 spiro atoms. The van der Waals surface area contributed by atoms with E-state index >= 15 is 0 Å². The summed E-state index contributed by atoms with van der Waals surface area (Å²) in [6.45, 7) is 1.98. The molecule has 0 aromatic heterocycles. The molecule has 0 bridgehead atoms. The fourth-order valence-electron chi connectivity index (χ4n) is 0.954. The second kappa shape index (κ2) is 6.55. The second-order valence-electron chi connectivity index (χ2n) is 2.82. The summed E-state index contributed by atoms with van der Waals surface area (Å²) in [5.41, 5.74) is 6.13. The molecular weight excluding hydrogens is 290 g/mol. The standard InChI is InChI=1S/C10H12BrN3OS/c1-2-16-10(12)14-13-6-7-5-8(11)3-4-9(7)15/h3-6,15H,2H2,1H3,(H2,12,14). The molecule has 0 aliphatic rings. The number of nitrogens with zero attached hydrogens (tertiary/aromatic N) is 2. The van der Waals surface area contributed by atoms with E-state index in [4.69, 9.17) is 5.73 Å². The van der Waals surface area contributed by atoms with Gasteiger partial charge in [0, 0.05) is 10.0 Å². The number of aromatic hydroxyl groups is 1. The number of hydrogen-bond donors (Lipinski definition) is 2. The van der Waals surface area contributed by atoms with Crippen molar-refractivity contribution in [2.45, 2.75) is 6.92 Å². The van der Waals surface area contributed by atoms with Crippen molar-refractivity contribution in [3.8, 4) is 5.75 Å². The molecule has 6 heteroatoms. The van der Waals surface area contributed by atoms with Gasteiger partial charge < -0.3 is 10.8 Å². The lowest BCUT2D eigenvalue weighted by molar-refractivity contribution is 0.474. The van der Waals surface area contributed by atoms with Crippen LogP contribution in [0.25, 0.3) is 0 Å². The van der Waals surface area contributed by atoms with E-state index in [0.717, 1.165) is 10.2 Å². The summed E-state index contributed by atoms with van der Waals surface area (Å²) in [4.78, 5) is 0. The minimum absolute atomic E-state index is 0.156. The molecular formula is C10H12BrN3OS. The summed E-state index contributed by atoms with van der Waals surface area (Å²) in [6.07, 6.45) is 1.46. The summed E-state index contributed by atoms with van der Waals surface area (Å²) in [5.74, 6) is 1.01. The monoisotopic (exact) mass is 301 g/mol. The van der Waals surface area contributed by atoms with Gasteiger partial charge >= 0.3 is 0 Å². The van der Waals surface area contributed by atoms with Crippen molar-refractivity contribution in [1.82, 2.24) is 0 Å². The number of benzene rings is 1. The summed E-state index contributed by atoms with van der Waals surface area (Å²) in [5, 5.41) is 17.5. The Morgan fingerprint density at radius 1 is 1.62 bits per heavy atom. The highest BCUT2D eigenvalue weighted by molar-refractivity contribution is 9.10. The van der Waals surface area contributed by atoms with E-state index < -0.39 is 0 Å². The van der Waals surface area contributed by atoms with Gasteiger partial charge in [-0.25, -0.2) is 0 Å². The Bertz CT molecular complexity index is 421. The first kappa shape index (κ1) is 13.1. The molecule has 0 radical (unpaired) electrons. The van der Waals surface area contributed by atoms with Crippen molar-refractivity contribution in [2.24, 2.45) is 15.9 Å². The summed E-state index contributed by atoms with van der Waals surface area (Å²) >= 11 is 4.72. The van der Waals surface area contributed by atoms with Crippen LogP contribution in [0.2, 0.25) is 0 Å². The average Bonchev–Trinajstić information content (AvgIpc) is 2.23. The van der Waals surface area contributed by atoms with Gasteiger partial charge in [-0.05, 0) is 24.0 Å². The van der Waals surface area contributed by atoms with Crippen molar-refractivity contribution in [1.29, 1.82) is 0 Å². The number of thioether (sulfide) groups is 1. The van der Waals surface area contributed by atoms with Crippen LogP contribution in [0.3, 0.4) is 0 Å². The Morgan fingerprint density at radius 3 is 3.06 bits per heavy atom. The maximum Gasteiger partial charge on any atom is 0.180 e. The molecule has 1 rings (SSSR count). The molecule has 16 heavy (non-hydrogen) atoms. The van der Waals surface area contributed by atoms with E-state index in [9.17, 15) is 5.11 Å². The van der Waals surface area contributed by atoms with Crippen molar-refractivity contribution in [3.05, 3.63) is 28.2 Å². The first-order chi connectivity index (χ1) is 7.63. The van der Waals surface area contributed by atoms with Gasteiger partial charge in [0.1, 0.15) is 5.75 Å². The fourth-order valence-corrected chi connectivity index (χ4v) is 1.73. The lowest BCUT2D eigenvalue weighted by Gasteiger charge is -1.98. The van der Waals surface area contributed by atoms with E-state index in [-0.39, 0.29) is 5.75 Å². The van der Waals surface area contributed by atoms with Crippen LogP contribution in [0.4, 0.5) is 0 Å². The molecule has 0 saturated heterocycles. The highest BCUT2D eigenvalue weighted by Gasteiger charge is 1.98. The van der Waals surface area contributed by atoms with Gasteiger partial charge in [-0.3, -0.25) is 0 Å². The average molecular weight is 302 g/mol. The predicted molar refractivity (Wildman–Crippen MR) is 73.2 cm³/mol. The van der Waals surface area contributed by atoms with E-state index in [1.807, 2.05) is 6.92 Å². The molecule has 0 aliphatic carbocycles. The van der Waals surface area contributed by atoms with Crippen LogP contribution in [-0.4, -0.2) is 22.2 Å². The fraction of sp³-hybridized carbons (Fsp3) is 0.200. The SMILES string of the molecule is CCS/C(N)=N\N=Cc1cc(Br)ccc1O. The topological polar surface area (TPSA) is 71.0 Å². The molecule has 4 nitrogen and oxygen atoms in total. The van der Waals surface area contributed by atoms with Gasteiger partial charge in [0.05, 0.1) is 6.21 Å². The number of halogens is 1. The molecule has 0 fully saturated rings. The third-order valence-corrected chi connectivity index (χ3v) is 2.79. The van der Waals surface area contributed by atoms with E-state index in [2.05, 4.69) is 26.1 Å². The van der Waals surface area contributed by atoms with Crippen LogP contribution in [0.15, 0.2) is 32.9 Å². The quantitative estimate of drug-likeness (QED) is 0.512. The first-order valence-electron chi connectivity index (χ1n) is 4.61. The lowest BCUT2D eigenvalue weighted by Crippen LogP contribution is -2.05. The molecule has 1 aromatic rings. The van der Waals surface area contributed by atoms with Gasteiger partial charge in [-0.1, -0.05) is 34.6 Å². The van der Waals surface area contributed by atoms with Gasteiger partial charge in [-0.15, -0.1) is 5.10 Å². The smallest absolute Gasteiger partial charge is 0.180 e. The molecule has 1 aromatic carbocycles. The molecule has 0 saturated carbocycles. The molecule has 3 N–H and O–H groups in total. The predicted octanol–water partition coefficient (Wildman–Crippen LogP) is 2.56. The highest BCUT2D eigenvalue weighted by atomic mass is 79.9. The molecule has 0 heterocycles. The highest BCUT2D eigenvalue weighted by Crippen LogP contribution is 2.20. The third kappa shape index (κ3) is 4.24. The normalized spacial score (nSPS) is 12.2. The van der Waals surface area contributed by atoms with E-state index in [1.165, 1.54) is 18.0 Å². The number of phenolic OH excluding ortho intramolecular Hbond substituents is 1. The van der Waals surface area contributed by atoms with Crippen molar-refractivity contribution in [3.63, 3.8) is 0 Å². The van der Waals surface area contributed by atoms with Crippen molar-refractivity contribution in [2.75, 3.05) is 5.75 Å². The van der Waals surface area contributed by atoms with E-state index in [0.29, 0.717) is 10.7 Å². The second-order valence-corrected chi connectivity index (χ2v) is 5.02. The Hall–Kier alpha value is -1.01. The minimum atomic E-state index is 0.156. The largest absolute Gasteiger partial charge is 0.507 e. The van der Waals surface area contributed by atoms with Gasteiger partial charge in [0.25, 0.3) is 0 Å². The Balaban J connectivity index is 2.76. The molecule has 0 unspecified atom stereocenters. The van der Waals surface area contributed by atoms with Crippen LogP contribution in [-0.2, 0) is 0 Å². The van der Waals surface area contributed by atoms with Crippen LogP contribution in [0.1, 0.15) is 12.5 Å². The minimum Gasteiger partial charge on any atom is -0.507 e. The Kier molecular flexibility index (Phi) is 5.34. The van der Waals surface area contributed by atoms with Gasteiger partial charge in [0.15, 0.2) is 5.17 Å².